The third-order valence-corrected chi connectivity index (χ3v) is 4.74. The zero-order valence-corrected chi connectivity index (χ0v) is 14.0. The van der Waals surface area contributed by atoms with Gasteiger partial charge in [0.25, 0.3) is 0 Å². The topological polar surface area (TPSA) is 34.2 Å². The van der Waals surface area contributed by atoms with Crippen LogP contribution in [0.15, 0.2) is 18.3 Å². The Labute approximate surface area is 129 Å². The summed E-state index contributed by atoms with van der Waals surface area (Å²) in [6.45, 7) is 9.17. The molecule has 21 heavy (non-hydrogen) atoms. The Balaban J connectivity index is 2.20. The molecule has 0 bridgehead atoms. The van der Waals surface area contributed by atoms with Gasteiger partial charge in [-0.15, -0.1) is 0 Å². The van der Waals surface area contributed by atoms with Crippen LogP contribution in [0, 0.1) is 11.3 Å². The lowest BCUT2D eigenvalue weighted by molar-refractivity contribution is 0.155. The molecule has 0 saturated heterocycles. The van der Waals surface area contributed by atoms with Crippen LogP contribution in [0.1, 0.15) is 58.1 Å². The highest BCUT2D eigenvalue weighted by Crippen LogP contribution is 2.47. The minimum atomic E-state index is 0.397. The highest BCUT2D eigenvalue weighted by molar-refractivity contribution is 5.31. The Morgan fingerprint density at radius 1 is 1.43 bits per heavy atom. The van der Waals surface area contributed by atoms with Crippen LogP contribution in [0.4, 0.5) is 0 Å². The van der Waals surface area contributed by atoms with Crippen molar-refractivity contribution in [3.05, 3.63) is 24.0 Å². The monoisotopic (exact) mass is 290 g/mol. The van der Waals surface area contributed by atoms with Gasteiger partial charge in [-0.25, -0.2) is 0 Å². The number of ether oxygens (including phenoxy) is 1. The largest absolute Gasteiger partial charge is 0.495 e. The van der Waals surface area contributed by atoms with Crippen molar-refractivity contribution < 1.29 is 4.74 Å². The van der Waals surface area contributed by atoms with Gasteiger partial charge in [-0.2, -0.15) is 0 Å². The second-order valence-electron chi connectivity index (χ2n) is 7.07. The van der Waals surface area contributed by atoms with E-state index in [1.54, 1.807) is 7.11 Å². The van der Waals surface area contributed by atoms with E-state index in [1.807, 2.05) is 18.3 Å². The van der Waals surface area contributed by atoms with Gasteiger partial charge in [0.2, 0.25) is 0 Å². The van der Waals surface area contributed by atoms with Crippen LogP contribution in [-0.2, 0) is 0 Å². The lowest BCUT2D eigenvalue weighted by Gasteiger charge is -2.41. The molecule has 1 fully saturated rings. The Morgan fingerprint density at radius 2 is 2.24 bits per heavy atom. The van der Waals surface area contributed by atoms with Gasteiger partial charge >= 0.3 is 0 Å². The number of nitrogens with one attached hydrogen (secondary N) is 1. The number of rotatable bonds is 6. The summed E-state index contributed by atoms with van der Waals surface area (Å²) in [4.78, 5) is 4.66. The molecule has 1 saturated carbocycles. The van der Waals surface area contributed by atoms with Gasteiger partial charge in [0.05, 0.1) is 12.8 Å². The molecule has 1 aliphatic rings. The standard InChI is InChI=1S/C18H30N2O/c1-5-10-19-13-14-8-9-18(2,3)12-15(14)17-16(21-4)7-6-11-20-17/h6-7,11,14-15,19H,5,8-10,12-13H2,1-4H3. The molecule has 3 heteroatoms. The number of nitrogens with zero attached hydrogens (tertiary/aromatic N) is 1. The quantitative estimate of drug-likeness (QED) is 0.804. The van der Waals surface area contributed by atoms with Crippen molar-refractivity contribution in [3.63, 3.8) is 0 Å². The number of aromatic nitrogens is 1. The van der Waals surface area contributed by atoms with Crippen molar-refractivity contribution in [1.29, 1.82) is 0 Å². The number of hydrogen-bond donors (Lipinski definition) is 1. The number of pyridine rings is 1. The van der Waals surface area contributed by atoms with Crippen LogP contribution in [0.25, 0.3) is 0 Å². The summed E-state index contributed by atoms with van der Waals surface area (Å²) in [5, 5.41) is 3.60. The van der Waals surface area contributed by atoms with E-state index in [9.17, 15) is 0 Å². The third kappa shape index (κ3) is 4.19. The Bertz CT molecular complexity index is 445. The minimum absolute atomic E-state index is 0.397. The molecule has 1 heterocycles. The van der Waals surface area contributed by atoms with Gasteiger partial charge in [0.1, 0.15) is 5.75 Å². The molecule has 118 valence electrons. The predicted octanol–water partition coefficient (Wildman–Crippen LogP) is 4.00. The second kappa shape index (κ2) is 7.26. The first kappa shape index (κ1) is 16.3. The van der Waals surface area contributed by atoms with E-state index in [0.717, 1.165) is 24.5 Å². The van der Waals surface area contributed by atoms with Crippen LogP contribution in [0.3, 0.4) is 0 Å². The summed E-state index contributed by atoms with van der Waals surface area (Å²) in [5.74, 6) is 2.10. The highest BCUT2D eigenvalue weighted by Gasteiger charge is 2.37. The number of hydrogen-bond acceptors (Lipinski definition) is 3. The number of methoxy groups -OCH3 is 1. The second-order valence-corrected chi connectivity index (χ2v) is 7.07. The van der Waals surface area contributed by atoms with E-state index in [-0.39, 0.29) is 0 Å². The summed E-state index contributed by atoms with van der Waals surface area (Å²) in [6, 6.07) is 4.00. The van der Waals surface area contributed by atoms with E-state index in [0.29, 0.717) is 17.3 Å². The predicted molar refractivity (Wildman–Crippen MR) is 87.8 cm³/mol. The Morgan fingerprint density at radius 3 is 2.95 bits per heavy atom. The average Bonchev–Trinajstić information content (AvgIpc) is 2.48. The van der Waals surface area contributed by atoms with Crippen LogP contribution >= 0.6 is 0 Å². The molecule has 0 spiro atoms. The van der Waals surface area contributed by atoms with Gasteiger partial charge in [0.15, 0.2) is 0 Å². The first-order valence-corrected chi connectivity index (χ1v) is 8.27. The zero-order chi connectivity index (χ0) is 15.3. The van der Waals surface area contributed by atoms with Crippen molar-refractivity contribution in [1.82, 2.24) is 10.3 Å². The SMILES string of the molecule is CCCNCC1CCC(C)(C)CC1c1ncccc1OC. The normalized spacial score (nSPS) is 24.8. The van der Waals surface area contributed by atoms with Crippen LogP contribution in [-0.4, -0.2) is 25.2 Å². The fraction of sp³-hybridized carbons (Fsp3) is 0.722. The molecule has 0 amide bonds. The highest BCUT2D eigenvalue weighted by atomic mass is 16.5. The molecular weight excluding hydrogens is 260 g/mol. The lowest BCUT2D eigenvalue weighted by Crippen LogP contribution is -2.35. The lowest BCUT2D eigenvalue weighted by atomic mass is 9.66. The summed E-state index contributed by atoms with van der Waals surface area (Å²) < 4.78 is 5.56. The maximum Gasteiger partial charge on any atom is 0.140 e. The summed E-state index contributed by atoms with van der Waals surface area (Å²) in [7, 11) is 1.75. The van der Waals surface area contributed by atoms with Crippen molar-refractivity contribution in [2.24, 2.45) is 11.3 Å². The minimum Gasteiger partial charge on any atom is -0.495 e. The van der Waals surface area contributed by atoms with Gasteiger partial charge in [-0.1, -0.05) is 20.8 Å². The van der Waals surface area contributed by atoms with Crippen molar-refractivity contribution in [2.75, 3.05) is 20.2 Å². The van der Waals surface area contributed by atoms with Gasteiger partial charge in [-0.05, 0) is 62.2 Å². The van der Waals surface area contributed by atoms with Gasteiger partial charge < -0.3 is 10.1 Å². The first-order chi connectivity index (χ1) is 10.1. The van der Waals surface area contributed by atoms with Crippen molar-refractivity contribution >= 4 is 0 Å². The fourth-order valence-corrected chi connectivity index (χ4v) is 3.52. The van der Waals surface area contributed by atoms with E-state index in [1.165, 1.54) is 25.7 Å². The molecule has 2 rings (SSSR count). The first-order valence-electron chi connectivity index (χ1n) is 8.27. The molecule has 1 N–H and O–H groups in total. The van der Waals surface area contributed by atoms with Crippen LogP contribution in [0.2, 0.25) is 0 Å². The molecule has 1 aliphatic carbocycles. The molecule has 2 unspecified atom stereocenters. The van der Waals surface area contributed by atoms with E-state index in [2.05, 4.69) is 31.1 Å². The fourth-order valence-electron chi connectivity index (χ4n) is 3.52. The Kier molecular flexibility index (Phi) is 5.63. The maximum absolute atomic E-state index is 5.56. The molecule has 1 aromatic rings. The van der Waals surface area contributed by atoms with Crippen molar-refractivity contribution in [3.8, 4) is 5.75 Å². The Hall–Kier alpha value is -1.09. The van der Waals surface area contributed by atoms with Gasteiger partial charge in [0, 0.05) is 12.1 Å². The molecule has 3 nitrogen and oxygen atoms in total. The molecule has 0 aliphatic heterocycles. The van der Waals surface area contributed by atoms with E-state index >= 15 is 0 Å². The molecule has 0 radical (unpaired) electrons. The molecule has 0 aromatic carbocycles. The summed E-state index contributed by atoms with van der Waals surface area (Å²) in [6.07, 6.45) is 6.86. The smallest absolute Gasteiger partial charge is 0.140 e. The van der Waals surface area contributed by atoms with Crippen LogP contribution < -0.4 is 10.1 Å². The van der Waals surface area contributed by atoms with Crippen molar-refractivity contribution in [2.45, 2.75) is 52.4 Å². The van der Waals surface area contributed by atoms with E-state index < -0.39 is 0 Å². The summed E-state index contributed by atoms with van der Waals surface area (Å²) in [5.41, 5.74) is 1.55. The third-order valence-electron chi connectivity index (χ3n) is 4.74. The zero-order valence-electron chi connectivity index (χ0n) is 14.0. The van der Waals surface area contributed by atoms with E-state index in [4.69, 9.17) is 4.74 Å². The molecule has 2 atom stereocenters. The average molecular weight is 290 g/mol. The van der Waals surface area contributed by atoms with Crippen LogP contribution in [0.5, 0.6) is 5.75 Å². The van der Waals surface area contributed by atoms with Gasteiger partial charge in [-0.3, -0.25) is 4.98 Å². The molecule has 1 aromatic heterocycles. The maximum atomic E-state index is 5.56. The summed E-state index contributed by atoms with van der Waals surface area (Å²) >= 11 is 0. The molecular formula is C18H30N2O.